The Morgan fingerprint density at radius 3 is 2.57 bits per heavy atom. The predicted octanol–water partition coefficient (Wildman–Crippen LogP) is 5.86. The van der Waals surface area contributed by atoms with Crippen LogP contribution in [0.1, 0.15) is 39.2 Å². The molecule has 1 aromatic heterocycles. The van der Waals surface area contributed by atoms with Crippen LogP contribution in [-0.4, -0.2) is 47.0 Å². The lowest BCUT2D eigenvalue weighted by molar-refractivity contribution is -0.120. The summed E-state index contributed by atoms with van der Waals surface area (Å²) in [4.78, 5) is 20.0. The van der Waals surface area contributed by atoms with Crippen LogP contribution in [0.25, 0.3) is 22.6 Å². The molecule has 0 amide bonds. The van der Waals surface area contributed by atoms with Gasteiger partial charge in [-0.15, -0.1) is 0 Å². The Bertz CT molecular complexity index is 1150. The predicted molar refractivity (Wildman–Crippen MR) is 138 cm³/mol. The van der Waals surface area contributed by atoms with E-state index in [1.807, 2.05) is 24.6 Å². The summed E-state index contributed by atoms with van der Waals surface area (Å²) in [5.74, 6) is 1.59. The summed E-state index contributed by atoms with van der Waals surface area (Å²) >= 11 is 0. The number of ether oxygens (including phenoxy) is 1. The first-order chi connectivity index (χ1) is 16.8. The van der Waals surface area contributed by atoms with E-state index in [0.717, 1.165) is 30.1 Å². The standard InChI is InChI=1S/C29H36FN3O2/c1-20(2)15-25(34)18-33-19-27(31-29(33)24-9-10-26(30)28(16-24)35-4)23-7-5-22(6-8-23)12-14-32-13-11-21(3)17-32/h5-10,16,19-21H,11-15,17-18H2,1-4H3. The quantitative estimate of drug-likeness (QED) is 0.367. The first kappa shape index (κ1) is 25.1. The fourth-order valence-electron chi connectivity index (χ4n) is 4.77. The number of carbonyl (C=O) groups excluding carboxylic acids is 1. The molecule has 2 heterocycles. The molecule has 0 bridgehead atoms. The van der Waals surface area contributed by atoms with E-state index in [1.54, 1.807) is 12.1 Å². The second-order valence-corrected chi connectivity index (χ2v) is 10.2. The molecule has 3 aromatic rings. The molecule has 0 aliphatic carbocycles. The highest BCUT2D eigenvalue weighted by Gasteiger charge is 2.19. The van der Waals surface area contributed by atoms with Crippen molar-refractivity contribution in [2.75, 3.05) is 26.7 Å². The van der Waals surface area contributed by atoms with Crippen LogP contribution >= 0.6 is 0 Å². The van der Waals surface area contributed by atoms with Crippen LogP contribution in [0.4, 0.5) is 4.39 Å². The maximum Gasteiger partial charge on any atom is 0.165 e. The Morgan fingerprint density at radius 2 is 1.91 bits per heavy atom. The Hall–Kier alpha value is -2.99. The highest BCUT2D eigenvalue weighted by Crippen LogP contribution is 2.29. The molecule has 1 fully saturated rings. The van der Waals surface area contributed by atoms with Crippen molar-refractivity contribution in [3.8, 4) is 28.4 Å². The van der Waals surface area contributed by atoms with Crippen molar-refractivity contribution in [1.82, 2.24) is 14.5 Å². The minimum atomic E-state index is -0.426. The van der Waals surface area contributed by atoms with E-state index in [4.69, 9.17) is 9.72 Å². The molecule has 6 heteroatoms. The Kier molecular flexibility index (Phi) is 8.01. The average molecular weight is 478 g/mol. The number of nitrogens with zero attached hydrogens (tertiary/aromatic N) is 3. The van der Waals surface area contributed by atoms with Gasteiger partial charge in [0.25, 0.3) is 0 Å². The number of Topliss-reactive ketones (excluding diaryl/α,β-unsaturated/α-hetero) is 1. The SMILES string of the molecule is COc1cc(-c2nc(-c3ccc(CCN4CCC(C)C4)cc3)cn2CC(=O)CC(C)C)ccc1F. The number of benzene rings is 2. The zero-order valence-electron chi connectivity index (χ0n) is 21.3. The summed E-state index contributed by atoms with van der Waals surface area (Å²) in [5, 5.41) is 0. The van der Waals surface area contributed by atoms with Gasteiger partial charge in [-0.2, -0.15) is 0 Å². The van der Waals surface area contributed by atoms with Gasteiger partial charge in [-0.1, -0.05) is 45.0 Å². The minimum Gasteiger partial charge on any atom is -0.494 e. The van der Waals surface area contributed by atoms with Crippen LogP contribution in [0.2, 0.25) is 0 Å². The van der Waals surface area contributed by atoms with Gasteiger partial charge in [0, 0.05) is 36.8 Å². The number of hydrogen-bond acceptors (Lipinski definition) is 4. The molecule has 2 aromatic carbocycles. The summed E-state index contributed by atoms with van der Waals surface area (Å²) in [5.41, 5.74) is 3.81. The van der Waals surface area contributed by atoms with Crippen LogP contribution in [0.15, 0.2) is 48.7 Å². The lowest BCUT2D eigenvalue weighted by atomic mass is 10.1. The third-order valence-corrected chi connectivity index (χ3v) is 6.64. The van der Waals surface area contributed by atoms with Crippen LogP contribution in [0, 0.1) is 17.7 Å². The fourth-order valence-corrected chi connectivity index (χ4v) is 4.77. The molecule has 1 aliphatic heterocycles. The smallest absolute Gasteiger partial charge is 0.165 e. The van der Waals surface area contributed by atoms with Crippen LogP contribution in [-0.2, 0) is 17.8 Å². The molecule has 186 valence electrons. The van der Waals surface area contributed by atoms with Crippen LogP contribution in [0.3, 0.4) is 0 Å². The molecule has 5 nitrogen and oxygen atoms in total. The van der Waals surface area contributed by atoms with E-state index in [0.29, 0.717) is 17.8 Å². The van der Waals surface area contributed by atoms with Crippen molar-refractivity contribution in [1.29, 1.82) is 0 Å². The van der Waals surface area contributed by atoms with E-state index < -0.39 is 5.82 Å². The second-order valence-electron chi connectivity index (χ2n) is 10.2. The van der Waals surface area contributed by atoms with Gasteiger partial charge in [-0.3, -0.25) is 4.79 Å². The van der Waals surface area contributed by atoms with Gasteiger partial charge in [0.2, 0.25) is 0 Å². The maximum atomic E-state index is 14.0. The number of imidazole rings is 1. The molecule has 1 atom stereocenters. The van der Waals surface area contributed by atoms with Gasteiger partial charge < -0.3 is 14.2 Å². The molecule has 1 saturated heterocycles. The van der Waals surface area contributed by atoms with Crippen LogP contribution in [0.5, 0.6) is 5.75 Å². The molecule has 0 N–H and O–H groups in total. The lowest BCUT2D eigenvalue weighted by Gasteiger charge is -2.15. The molecule has 1 aliphatic rings. The molecule has 0 radical (unpaired) electrons. The number of ketones is 1. The van der Waals surface area contributed by atoms with Gasteiger partial charge in [-0.05, 0) is 55.0 Å². The molecule has 4 rings (SSSR count). The maximum absolute atomic E-state index is 14.0. The zero-order valence-corrected chi connectivity index (χ0v) is 21.3. The summed E-state index contributed by atoms with van der Waals surface area (Å²) < 4.78 is 21.1. The minimum absolute atomic E-state index is 0.144. The number of methoxy groups -OCH3 is 1. The van der Waals surface area contributed by atoms with Gasteiger partial charge in [-0.25, -0.2) is 9.37 Å². The number of likely N-dealkylation sites (tertiary alicyclic amines) is 1. The number of carbonyl (C=O) groups is 1. The Balaban J connectivity index is 1.57. The van der Waals surface area contributed by atoms with Gasteiger partial charge >= 0.3 is 0 Å². The first-order valence-corrected chi connectivity index (χ1v) is 12.6. The third-order valence-electron chi connectivity index (χ3n) is 6.64. The van der Waals surface area contributed by atoms with Crippen molar-refractivity contribution < 1.29 is 13.9 Å². The summed E-state index contributed by atoms with van der Waals surface area (Å²) in [6.45, 7) is 10.1. The first-order valence-electron chi connectivity index (χ1n) is 12.6. The molecule has 1 unspecified atom stereocenters. The van der Waals surface area contributed by atoms with E-state index in [1.165, 1.54) is 38.2 Å². The highest BCUT2D eigenvalue weighted by atomic mass is 19.1. The van der Waals surface area contributed by atoms with Crippen molar-refractivity contribution in [3.05, 3.63) is 60.0 Å². The molecule has 35 heavy (non-hydrogen) atoms. The number of rotatable bonds is 10. The topological polar surface area (TPSA) is 47.4 Å². The van der Waals surface area contributed by atoms with E-state index in [2.05, 4.69) is 36.1 Å². The highest BCUT2D eigenvalue weighted by molar-refractivity contribution is 5.79. The van der Waals surface area contributed by atoms with Crippen molar-refractivity contribution in [2.45, 2.75) is 46.6 Å². The van der Waals surface area contributed by atoms with Gasteiger partial charge in [0.05, 0.1) is 19.3 Å². The summed E-state index contributed by atoms with van der Waals surface area (Å²) in [7, 11) is 1.44. The normalized spacial score (nSPS) is 16.2. The lowest BCUT2D eigenvalue weighted by Crippen LogP contribution is -2.22. The second kappa shape index (κ2) is 11.2. The zero-order chi connectivity index (χ0) is 24.9. The number of halogens is 1. The van der Waals surface area contributed by atoms with Gasteiger partial charge in [0.15, 0.2) is 17.3 Å². The Labute approximate surface area is 207 Å². The molecule has 0 spiro atoms. The van der Waals surface area contributed by atoms with Gasteiger partial charge in [0.1, 0.15) is 5.82 Å². The summed E-state index contributed by atoms with van der Waals surface area (Å²) in [6, 6.07) is 13.2. The fraction of sp³-hybridized carbons (Fsp3) is 0.448. The van der Waals surface area contributed by atoms with Crippen molar-refractivity contribution >= 4 is 5.78 Å². The van der Waals surface area contributed by atoms with Crippen molar-refractivity contribution in [3.63, 3.8) is 0 Å². The largest absolute Gasteiger partial charge is 0.494 e. The third kappa shape index (κ3) is 6.37. The van der Waals surface area contributed by atoms with Crippen LogP contribution < -0.4 is 4.74 Å². The number of aromatic nitrogens is 2. The average Bonchev–Trinajstić information content (AvgIpc) is 3.44. The molecule has 0 saturated carbocycles. The van der Waals surface area contributed by atoms with E-state index >= 15 is 0 Å². The van der Waals surface area contributed by atoms with Crippen molar-refractivity contribution in [2.24, 2.45) is 11.8 Å². The number of hydrogen-bond donors (Lipinski definition) is 0. The summed E-state index contributed by atoms with van der Waals surface area (Å²) in [6.07, 6.45) is 4.75. The molecular formula is C29H36FN3O2. The van der Waals surface area contributed by atoms with E-state index in [-0.39, 0.29) is 24.0 Å². The van der Waals surface area contributed by atoms with E-state index in [9.17, 15) is 9.18 Å². The molecular weight excluding hydrogens is 441 g/mol. The Morgan fingerprint density at radius 1 is 1.17 bits per heavy atom. The monoisotopic (exact) mass is 477 g/mol.